The standard InChI is InChI=1S/C50H36Cl2N10O7S3/c51-35-7-3-1-5-31(35)42-16-37-45(70-42)47(64)61(49(66)58-37)40-20-53-18-25-9-10-26(13-33(25)40)57-29-22-60(23-29)72(68,69)24-39-30-12-11-27(56-28-15-44(63)55-19-28)14-34(30)41(21-54-39)62-48(65)46-38(59-50(62)67)17-43(71-46)32-6-2-4-8-36(32)52/h1-14,16-18,20-21,28-29,56-57H,15,19,22-24H2,(H,55,63)(H,58,66)(H,59,67)/t28-/m1/s1. The maximum absolute atomic E-state index is 14.3. The molecule has 2 aliphatic heterocycles. The molecule has 5 N–H and O–H groups in total. The van der Waals surface area contributed by atoms with Crippen molar-refractivity contribution in [3.05, 3.63) is 173 Å². The van der Waals surface area contributed by atoms with Gasteiger partial charge in [0.1, 0.15) is 15.2 Å². The summed E-state index contributed by atoms with van der Waals surface area (Å²) in [4.78, 5) is 83.8. The van der Waals surface area contributed by atoms with E-state index in [0.29, 0.717) is 75.7 Å². The first-order valence-corrected chi connectivity index (χ1v) is 26.4. The first-order valence-electron chi connectivity index (χ1n) is 22.4. The summed E-state index contributed by atoms with van der Waals surface area (Å²) < 4.78 is 32.3. The highest BCUT2D eigenvalue weighted by Crippen LogP contribution is 2.37. The molecule has 4 aromatic carbocycles. The van der Waals surface area contributed by atoms with Gasteiger partial charge in [0.2, 0.25) is 15.9 Å². The summed E-state index contributed by atoms with van der Waals surface area (Å²) in [7, 11) is -3.97. The van der Waals surface area contributed by atoms with Crippen molar-refractivity contribution in [2.45, 2.75) is 24.3 Å². The molecule has 2 fully saturated rings. The van der Waals surface area contributed by atoms with Crippen LogP contribution in [0.3, 0.4) is 0 Å². The second kappa shape index (κ2) is 17.7. The summed E-state index contributed by atoms with van der Waals surface area (Å²) in [5.41, 5.74) is 1.58. The number of benzene rings is 4. The average molecular weight is 1060 g/mol. The molecule has 2 aliphatic rings. The Morgan fingerprint density at radius 1 is 0.653 bits per heavy atom. The molecule has 0 bridgehead atoms. The summed E-state index contributed by atoms with van der Waals surface area (Å²) in [5.74, 6) is -0.578. The summed E-state index contributed by atoms with van der Waals surface area (Å²) >= 11 is 15.4. The van der Waals surface area contributed by atoms with Crippen LogP contribution in [0.2, 0.25) is 10.0 Å². The number of halogens is 2. The molecule has 0 radical (unpaired) electrons. The number of fused-ring (bicyclic) bond motifs is 4. The third-order valence-corrected chi connectivity index (χ3v) is 17.6. The van der Waals surface area contributed by atoms with Crippen molar-refractivity contribution in [3.8, 4) is 32.3 Å². The Bertz CT molecular complexity index is 4290. The molecule has 72 heavy (non-hydrogen) atoms. The Kier molecular flexibility index (Phi) is 11.2. The smallest absolute Gasteiger partial charge is 0.333 e. The largest absolute Gasteiger partial charge is 0.380 e. The molecule has 22 heteroatoms. The van der Waals surface area contributed by atoms with Crippen molar-refractivity contribution in [1.82, 2.24) is 38.7 Å². The Balaban J connectivity index is 0.821. The fourth-order valence-electron chi connectivity index (χ4n) is 9.32. The number of aromatic amines is 2. The number of carbonyl (C=O) groups excluding carboxylic acids is 1. The van der Waals surface area contributed by atoms with E-state index in [1.807, 2.05) is 42.5 Å². The van der Waals surface area contributed by atoms with Gasteiger partial charge in [-0.3, -0.25) is 24.4 Å². The topological polar surface area (TPSA) is 226 Å². The number of hydrogen-bond acceptors (Lipinski definition) is 13. The molecule has 1 amide bonds. The van der Waals surface area contributed by atoms with Gasteiger partial charge in [-0.05, 0) is 48.5 Å². The van der Waals surface area contributed by atoms with Gasteiger partial charge in [-0.15, -0.1) is 22.7 Å². The lowest BCUT2D eigenvalue weighted by molar-refractivity contribution is -0.119. The van der Waals surface area contributed by atoms with E-state index in [2.05, 4.69) is 35.9 Å². The normalized spacial score (nSPS) is 15.4. The summed E-state index contributed by atoms with van der Waals surface area (Å²) in [5, 5.41) is 12.6. The van der Waals surface area contributed by atoms with Gasteiger partial charge in [0.25, 0.3) is 11.1 Å². The molecular formula is C50H36Cl2N10O7S3. The lowest BCUT2D eigenvalue weighted by atomic mass is 10.1. The van der Waals surface area contributed by atoms with Gasteiger partial charge in [-0.1, -0.05) is 71.7 Å². The van der Waals surface area contributed by atoms with Crippen LogP contribution in [0, 0.1) is 0 Å². The highest BCUT2D eigenvalue weighted by molar-refractivity contribution is 7.88. The second-order valence-electron chi connectivity index (χ2n) is 17.5. The zero-order valence-electron chi connectivity index (χ0n) is 37.2. The number of anilines is 2. The van der Waals surface area contributed by atoms with Crippen molar-refractivity contribution in [1.29, 1.82) is 0 Å². The van der Waals surface area contributed by atoms with E-state index in [1.165, 1.54) is 39.4 Å². The van der Waals surface area contributed by atoms with Gasteiger partial charge in [0.05, 0.1) is 52.6 Å². The lowest BCUT2D eigenvalue weighted by Gasteiger charge is -2.39. The highest BCUT2D eigenvalue weighted by Gasteiger charge is 2.37. The van der Waals surface area contributed by atoms with Gasteiger partial charge in [0, 0.05) is 96.1 Å². The number of amides is 1. The molecule has 12 rings (SSSR count). The first kappa shape index (κ1) is 45.7. The Labute approximate surface area is 424 Å². The van der Waals surface area contributed by atoms with E-state index < -0.39 is 38.3 Å². The molecule has 360 valence electrons. The minimum absolute atomic E-state index is 0.0970. The number of nitrogens with zero attached hydrogens (tertiary/aromatic N) is 5. The summed E-state index contributed by atoms with van der Waals surface area (Å²) in [6, 6.07) is 28.0. The van der Waals surface area contributed by atoms with Crippen LogP contribution in [0.15, 0.2) is 135 Å². The highest BCUT2D eigenvalue weighted by atomic mass is 35.5. The minimum atomic E-state index is -3.97. The van der Waals surface area contributed by atoms with Crippen LogP contribution in [-0.4, -0.2) is 79.4 Å². The molecular weight excluding hydrogens is 1020 g/mol. The number of hydrogen-bond donors (Lipinski definition) is 5. The maximum atomic E-state index is 14.3. The fraction of sp³-hybridized carbons (Fsp3) is 0.140. The number of carbonyl (C=O) groups is 1. The van der Waals surface area contributed by atoms with E-state index >= 15 is 0 Å². The van der Waals surface area contributed by atoms with Crippen molar-refractivity contribution in [2.24, 2.45) is 0 Å². The number of nitrogens with one attached hydrogen (secondary N) is 5. The molecule has 1 atom stereocenters. The molecule has 2 saturated heterocycles. The van der Waals surface area contributed by atoms with Crippen LogP contribution in [0.4, 0.5) is 11.4 Å². The van der Waals surface area contributed by atoms with Crippen molar-refractivity contribution in [3.63, 3.8) is 0 Å². The molecule has 0 unspecified atom stereocenters. The van der Waals surface area contributed by atoms with Gasteiger partial charge >= 0.3 is 11.4 Å². The van der Waals surface area contributed by atoms with Gasteiger partial charge in [-0.2, -0.15) is 4.31 Å². The average Bonchev–Trinajstić information content (AvgIpc) is 4.09. The zero-order chi connectivity index (χ0) is 49.6. The minimum Gasteiger partial charge on any atom is -0.380 e. The molecule has 10 aromatic rings. The number of H-pyrrole nitrogens is 2. The lowest BCUT2D eigenvalue weighted by Crippen LogP contribution is -2.57. The van der Waals surface area contributed by atoms with Crippen LogP contribution in [0.1, 0.15) is 12.1 Å². The van der Waals surface area contributed by atoms with Crippen molar-refractivity contribution >= 4 is 115 Å². The molecule has 0 spiro atoms. The SMILES string of the molecule is O=C1C[C@@H](Nc2ccc3c(CS(=O)(=O)N4CC(Nc5ccc6cncc(-n7c(=O)[nH]c8cc(-c9ccccc9Cl)sc8c7=O)c6c5)C4)ncc(-n4c(=O)[nH]c5cc(-c6ccccc6Cl)sc5c4=O)c3c2)CN1. The van der Waals surface area contributed by atoms with E-state index in [9.17, 15) is 32.4 Å². The fourth-order valence-corrected chi connectivity index (χ4v) is 13.7. The van der Waals surface area contributed by atoms with Crippen LogP contribution in [0.5, 0.6) is 0 Å². The van der Waals surface area contributed by atoms with Gasteiger partial charge in [0.15, 0.2) is 0 Å². The van der Waals surface area contributed by atoms with E-state index in [1.54, 1.807) is 60.8 Å². The quantitative estimate of drug-likeness (QED) is 0.0855. The van der Waals surface area contributed by atoms with Gasteiger partial charge in [-0.25, -0.2) is 27.1 Å². The zero-order valence-corrected chi connectivity index (χ0v) is 41.2. The van der Waals surface area contributed by atoms with E-state index in [0.717, 1.165) is 19.6 Å². The number of pyridine rings is 2. The first-order chi connectivity index (χ1) is 34.8. The van der Waals surface area contributed by atoms with Crippen LogP contribution in [-0.2, 0) is 20.6 Å². The Hall–Kier alpha value is -7.46. The van der Waals surface area contributed by atoms with Crippen LogP contribution < -0.4 is 38.4 Å². The molecule has 0 aliphatic carbocycles. The number of sulfonamides is 1. The van der Waals surface area contributed by atoms with Crippen molar-refractivity contribution < 1.29 is 13.2 Å². The molecule has 0 saturated carbocycles. The monoisotopic (exact) mass is 1050 g/mol. The predicted molar refractivity (Wildman–Crippen MR) is 284 cm³/mol. The molecule has 17 nitrogen and oxygen atoms in total. The predicted octanol–water partition coefficient (Wildman–Crippen LogP) is 7.46. The Morgan fingerprint density at radius 3 is 1.82 bits per heavy atom. The van der Waals surface area contributed by atoms with Crippen LogP contribution >= 0.6 is 45.9 Å². The Morgan fingerprint density at radius 2 is 1.22 bits per heavy atom. The second-order valence-corrected chi connectivity index (χ2v) is 22.4. The molecule has 8 heterocycles. The molecule has 6 aromatic heterocycles. The third kappa shape index (κ3) is 8.05. The van der Waals surface area contributed by atoms with Gasteiger partial charge < -0.3 is 25.9 Å². The van der Waals surface area contributed by atoms with E-state index in [4.69, 9.17) is 23.2 Å². The summed E-state index contributed by atoms with van der Waals surface area (Å²) in [6.45, 7) is 0.663. The van der Waals surface area contributed by atoms with E-state index in [-0.39, 0.29) is 59.3 Å². The summed E-state index contributed by atoms with van der Waals surface area (Å²) in [6.07, 6.45) is 4.68. The number of thiophene rings is 2. The third-order valence-electron chi connectivity index (χ3n) is 12.9. The van der Waals surface area contributed by atoms with Crippen LogP contribution in [0.25, 0.3) is 74.2 Å². The number of aromatic nitrogens is 6. The van der Waals surface area contributed by atoms with Crippen molar-refractivity contribution in [2.75, 3.05) is 30.3 Å². The maximum Gasteiger partial charge on any atom is 0.333 e. The number of rotatable bonds is 11.